The zero-order valence-electron chi connectivity index (χ0n) is 16.5. The highest BCUT2D eigenvalue weighted by Gasteiger charge is 2.35. The van der Waals surface area contributed by atoms with Crippen molar-refractivity contribution in [2.45, 2.75) is 98.3 Å². The molecule has 0 spiro atoms. The normalized spacial score (nSPS) is 16.3. The van der Waals surface area contributed by atoms with E-state index in [-0.39, 0.29) is 0 Å². The van der Waals surface area contributed by atoms with Crippen molar-refractivity contribution < 1.29 is 5.11 Å². The van der Waals surface area contributed by atoms with Crippen molar-refractivity contribution in [2.75, 3.05) is 0 Å². The van der Waals surface area contributed by atoms with E-state index in [1.54, 1.807) is 0 Å². The van der Waals surface area contributed by atoms with Gasteiger partial charge >= 0.3 is 0 Å². The number of benzene rings is 1. The third-order valence-corrected chi connectivity index (χ3v) is 5.68. The fourth-order valence-corrected chi connectivity index (χ4v) is 3.61. The van der Waals surface area contributed by atoms with Crippen molar-refractivity contribution in [3.05, 3.63) is 29.3 Å². The van der Waals surface area contributed by atoms with Gasteiger partial charge in [0, 0.05) is 0 Å². The van der Waals surface area contributed by atoms with Crippen LogP contribution in [0, 0.1) is 10.8 Å². The summed E-state index contributed by atoms with van der Waals surface area (Å²) in [6.45, 7) is 9.37. The van der Waals surface area contributed by atoms with Crippen LogP contribution >= 0.6 is 0 Å². The standard InChI is InChI=1S/C23H38O/c1-22(2,3)15-9-7-11-19-12-10-14-21(24)20(19)13-6-5-8-16-23(4)17-18-23/h10,12,14,24H,5-9,11,13,15-18H2,1-4H3. The van der Waals surface area contributed by atoms with Gasteiger partial charge in [-0.1, -0.05) is 59.1 Å². The topological polar surface area (TPSA) is 20.2 Å². The van der Waals surface area contributed by atoms with Crippen LogP contribution in [0.1, 0.15) is 96.6 Å². The Bertz CT molecular complexity index is 505. The van der Waals surface area contributed by atoms with E-state index in [1.807, 2.05) is 12.1 Å². The van der Waals surface area contributed by atoms with Gasteiger partial charge in [0.15, 0.2) is 0 Å². The minimum Gasteiger partial charge on any atom is -0.508 e. The summed E-state index contributed by atoms with van der Waals surface area (Å²) in [7, 11) is 0. The monoisotopic (exact) mass is 330 g/mol. The summed E-state index contributed by atoms with van der Waals surface area (Å²) in [6.07, 6.45) is 14.1. The Labute approximate surface area is 149 Å². The molecule has 0 heterocycles. The molecule has 1 nitrogen and oxygen atoms in total. The second-order valence-electron chi connectivity index (χ2n) is 9.55. The summed E-state index contributed by atoms with van der Waals surface area (Å²) < 4.78 is 0. The predicted octanol–water partition coefficient (Wildman–Crippen LogP) is 7.05. The first-order chi connectivity index (χ1) is 11.3. The molecule has 1 aromatic carbocycles. The number of unbranched alkanes of at least 4 members (excludes halogenated alkanes) is 3. The highest BCUT2D eigenvalue weighted by molar-refractivity contribution is 5.39. The number of hydrogen-bond acceptors (Lipinski definition) is 1. The van der Waals surface area contributed by atoms with Gasteiger partial charge in [0.2, 0.25) is 0 Å². The summed E-state index contributed by atoms with van der Waals surface area (Å²) in [5.74, 6) is 0.512. The minimum absolute atomic E-state index is 0.430. The lowest BCUT2D eigenvalue weighted by Gasteiger charge is -2.18. The molecule has 1 heteroatoms. The summed E-state index contributed by atoms with van der Waals surface area (Å²) >= 11 is 0. The summed E-state index contributed by atoms with van der Waals surface area (Å²) in [6, 6.07) is 6.09. The largest absolute Gasteiger partial charge is 0.508 e. The van der Waals surface area contributed by atoms with Crippen LogP contribution in [0.3, 0.4) is 0 Å². The maximum absolute atomic E-state index is 10.3. The van der Waals surface area contributed by atoms with E-state index in [0.717, 1.165) is 12.8 Å². The molecule has 2 rings (SSSR count). The van der Waals surface area contributed by atoms with Gasteiger partial charge in [0.25, 0.3) is 0 Å². The summed E-state index contributed by atoms with van der Waals surface area (Å²) in [5.41, 5.74) is 3.71. The molecular weight excluding hydrogens is 292 g/mol. The maximum Gasteiger partial charge on any atom is 0.119 e. The fourth-order valence-electron chi connectivity index (χ4n) is 3.61. The molecule has 0 bridgehead atoms. The van der Waals surface area contributed by atoms with E-state index >= 15 is 0 Å². The molecule has 1 fully saturated rings. The Kier molecular flexibility index (Phi) is 6.78. The first-order valence-corrected chi connectivity index (χ1v) is 10.1. The molecule has 1 saturated carbocycles. The Morgan fingerprint density at radius 3 is 2.33 bits per heavy atom. The van der Waals surface area contributed by atoms with E-state index in [2.05, 4.69) is 33.8 Å². The van der Waals surface area contributed by atoms with Crippen LogP contribution in [0.25, 0.3) is 0 Å². The molecule has 0 amide bonds. The molecule has 1 aliphatic rings. The average molecular weight is 331 g/mol. The van der Waals surface area contributed by atoms with Gasteiger partial charge in [-0.2, -0.15) is 0 Å². The molecule has 1 aromatic rings. The van der Waals surface area contributed by atoms with E-state index < -0.39 is 0 Å². The Hall–Kier alpha value is -0.980. The average Bonchev–Trinajstić information content (AvgIpc) is 3.22. The van der Waals surface area contributed by atoms with Gasteiger partial charge in [-0.05, 0) is 79.4 Å². The molecular formula is C23H38O. The molecule has 0 unspecified atom stereocenters. The summed E-state index contributed by atoms with van der Waals surface area (Å²) in [5, 5.41) is 10.3. The molecule has 24 heavy (non-hydrogen) atoms. The van der Waals surface area contributed by atoms with E-state index in [4.69, 9.17) is 0 Å². The van der Waals surface area contributed by atoms with Gasteiger partial charge in [0.05, 0.1) is 0 Å². The number of phenolic OH excluding ortho intramolecular Hbond substituents is 1. The van der Waals surface area contributed by atoms with Crippen molar-refractivity contribution in [1.82, 2.24) is 0 Å². The van der Waals surface area contributed by atoms with Crippen LogP contribution in [-0.2, 0) is 12.8 Å². The highest BCUT2D eigenvalue weighted by Crippen LogP contribution is 2.49. The zero-order chi connectivity index (χ0) is 17.6. The molecule has 0 radical (unpaired) electrons. The molecule has 0 saturated heterocycles. The molecule has 1 aliphatic carbocycles. The fraction of sp³-hybridized carbons (Fsp3) is 0.739. The van der Waals surface area contributed by atoms with E-state index in [0.29, 0.717) is 16.6 Å². The highest BCUT2D eigenvalue weighted by atomic mass is 16.3. The van der Waals surface area contributed by atoms with Gasteiger partial charge < -0.3 is 5.11 Å². The Balaban J connectivity index is 1.75. The van der Waals surface area contributed by atoms with Crippen LogP contribution < -0.4 is 0 Å². The van der Waals surface area contributed by atoms with Gasteiger partial charge in [-0.3, -0.25) is 0 Å². The molecule has 0 aromatic heterocycles. The quantitative estimate of drug-likeness (QED) is 0.455. The number of aromatic hydroxyl groups is 1. The lowest BCUT2D eigenvalue weighted by Crippen LogP contribution is -2.04. The Morgan fingerprint density at radius 2 is 1.67 bits per heavy atom. The van der Waals surface area contributed by atoms with Crippen LogP contribution in [0.5, 0.6) is 5.75 Å². The van der Waals surface area contributed by atoms with Crippen LogP contribution in [0.4, 0.5) is 0 Å². The van der Waals surface area contributed by atoms with Gasteiger partial charge in [-0.25, -0.2) is 0 Å². The lowest BCUT2D eigenvalue weighted by atomic mass is 9.88. The maximum atomic E-state index is 10.3. The van der Waals surface area contributed by atoms with Crippen LogP contribution in [0.15, 0.2) is 18.2 Å². The number of hydrogen-bond donors (Lipinski definition) is 1. The summed E-state index contributed by atoms with van der Waals surface area (Å²) in [4.78, 5) is 0. The van der Waals surface area contributed by atoms with Crippen LogP contribution in [-0.4, -0.2) is 5.11 Å². The smallest absolute Gasteiger partial charge is 0.119 e. The van der Waals surface area contributed by atoms with Crippen molar-refractivity contribution >= 4 is 0 Å². The molecule has 1 N–H and O–H groups in total. The van der Waals surface area contributed by atoms with E-state index in [1.165, 1.54) is 68.9 Å². The molecule has 0 aliphatic heterocycles. The van der Waals surface area contributed by atoms with Gasteiger partial charge in [0.1, 0.15) is 5.75 Å². The lowest BCUT2D eigenvalue weighted by molar-refractivity contribution is 0.360. The van der Waals surface area contributed by atoms with E-state index in [9.17, 15) is 5.11 Å². The first kappa shape index (κ1) is 19.3. The second kappa shape index (κ2) is 8.41. The zero-order valence-corrected chi connectivity index (χ0v) is 16.5. The number of rotatable bonds is 10. The molecule has 136 valence electrons. The van der Waals surface area contributed by atoms with Crippen molar-refractivity contribution in [2.24, 2.45) is 10.8 Å². The number of aryl methyl sites for hydroxylation is 1. The van der Waals surface area contributed by atoms with Crippen molar-refractivity contribution in [3.63, 3.8) is 0 Å². The second-order valence-corrected chi connectivity index (χ2v) is 9.55. The SMILES string of the molecule is CC(C)(C)CCCCc1cccc(O)c1CCCCCC1(C)CC1. The third-order valence-electron chi connectivity index (χ3n) is 5.68. The number of phenols is 1. The van der Waals surface area contributed by atoms with Crippen molar-refractivity contribution in [3.8, 4) is 5.75 Å². The van der Waals surface area contributed by atoms with Gasteiger partial charge in [-0.15, -0.1) is 0 Å². The van der Waals surface area contributed by atoms with Crippen molar-refractivity contribution in [1.29, 1.82) is 0 Å². The Morgan fingerprint density at radius 1 is 0.958 bits per heavy atom. The van der Waals surface area contributed by atoms with Crippen LogP contribution in [0.2, 0.25) is 0 Å². The first-order valence-electron chi connectivity index (χ1n) is 10.1. The third kappa shape index (κ3) is 6.87. The molecule has 0 atom stereocenters. The predicted molar refractivity (Wildman–Crippen MR) is 105 cm³/mol. The minimum atomic E-state index is 0.430.